The van der Waals surface area contributed by atoms with E-state index >= 15 is 0 Å². The van der Waals surface area contributed by atoms with Gasteiger partial charge in [-0.25, -0.2) is 9.97 Å². The van der Waals surface area contributed by atoms with Crippen LogP contribution < -0.4 is 11.1 Å². The minimum atomic E-state index is -0.355. The number of amides is 1. The number of nitrogens with one attached hydrogen (secondary N) is 1. The summed E-state index contributed by atoms with van der Waals surface area (Å²) in [6, 6.07) is 12.8. The quantitative estimate of drug-likeness (QED) is 0.749. The molecule has 0 saturated heterocycles. The van der Waals surface area contributed by atoms with Gasteiger partial charge in [-0.1, -0.05) is 24.3 Å². The van der Waals surface area contributed by atoms with Crippen LogP contribution in [-0.2, 0) is 0 Å². The molecule has 0 radical (unpaired) electrons. The Bertz CT molecular complexity index is 835. The average molecular weight is 343 g/mol. The third kappa shape index (κ3) is 2.71. The minimum Gasteiger partial charge on any atom is -0.383 e. The Balaban J connectivity index is 1.97. The van der Waals surface area contributed by atoms with Gasteiger partial charge in [-0.3, -0.25) is 4.79 Å². The number of nitrogens with zero attached hydrogens (tertiary/aromatic N) is 2. The topological polar surface area (TPSA) is 80.9 Å². The molecule has 0 fully saturated rings. The molecule has 0 unspecified atom stereocenters. The van der Waals surface area contributed by atoms with Crippen molar-refractivity contribution in [3.8, 4) is 0 Å². The van der Waals surface area contributed by atoms with Crippen molar-refractivity contribution in [3.05, 3.63) is 58.8 Å². The SMILES string of the molecule is Nc1nc(C(=O)Nc2ncccc2Br)cc2ccccc12. The zero-order valence-electron chi connectivity index (χ0n) is 10.9. The molecule has 2 aromatic heterocycles. The maximum atomic E-state index is 12.3. The standard InChI is InChI=1S/C15H11BrN4O/c16-11-6-3-7-18-14(11)20-15(21)12-8-9-4-1-2-5-10(9)13(17)19-12/h1-8H,(H2,17,19)(H,18,20,21). The predicted molar refractivity (Wildman–Crippen MR) is 86.0 cm³/mol. The van der Waals surface area contributed by atoms with Crippen LogP contribution in [0.5, 0.6) is 0 Å². The summed E-state index contributed by atoms with van der Waals surface area (Å²) in [5.74, 6) is 0.418. The van der Waals surface area contributed by atoms with Gasteiger partial charge in [0, 0.05) is 11.6 Å². The Hall–Kier alpha value is -2.47. The summed E-state index contributed by atoms with van der Waals surface area (Å²) < 4.78 is 0.701. The van der Waals surface area contributed by atoms with Crippen molar-refractivity contribution < 1.29 is 4.79 Å². The van der Waals surface area contributed by atoms with E-state index in [4.69, 9.17) is 5.73 Å². The number of rotatable bonds is 2. The number of nitrogen functional groups attached to an aromatic ring is 1. The van der Waals surface area contributed by atoms with Gasteiger partial charge in [0.25, 0.3) is 5.91 Å². The molecule has 3 N–H and O–H groups in total. The number of pyridine rings is 2. The highest BCUT2D eigenvalue weighted by Crippen LogP contribution is 2.22. The van der Waals surface area contributed by atoms with Crippen molar-refractivity contribution in [2.24, 2.45) is 0 Å². The van der Waals surface area contributed by atoms with E-state index in [0.29, 0.717) is 16.1 Å². The number of halogens is 1. The zero-order valence-corrected chi connectivity index (χ0v) is 12.5. The molecular formula is C15H11BrN4O. The second-order valence-electron chi connectivity index (χ2n) is 4.40. The highest BCUT2D eigenvalue weighted by Gasteiger charge is 2.12. The van der Waals surface area contributed by atoms with E-state index < -0.39 is 0 Å². The molecule has 2 heterocycles. The Morgan fingerprint density at radius 2 is 2.00 bits per heavy atom. The van der Waals surface area contributed by atoms with E-state index in [0.717, 1.165) is 10.8 Å². The number of anilines is 2. The number of hydrogen-bond donors (Lipinski definition) is 2. The molecule has 3 rings (SSSR count). The molecule has 104 valence electrons. The molecule has 21 heavy (non-hydrogen) atoms. The van der Waals surface area contributed by atoms with Crippen LogP contribution in [0.15, 0.2) is 53.1 Å². The molecule has 6 heteroatoms. The smallest absolute Gasteiger partial charge is 0.275 e. The fraction of sp³-hybridized carbons (Fsp3) is 0. The predicted octanol–water partition coefficient (Wildman–Crippen LogP) is 3.23. The van der Waals surface area contributed by atoms with Gasteiger partial charge < -0.3 is 11.1 Å². The lowest BCUT2D eigenvalue weighted by molar-refractivity contribution is 0.102. The molecule has 0 saturated carbocycles. The number of hydrogen-bond acceptors (Lipinski definition) is 4. The van der Waals surface area contributed by atoms with Crippen LogP contribution in [0.25, 0.3) is 10.8 Å². The summed E-state index contributed by atoms with van der Waals surface area (Å²) in [6.45, 7) is 0. The summed E-state index contributed by atoms with van der Waals surface area (Å²) in [5.41, 5.74) is 6.16. The first-order valence-corrected chi connectivity index (χ1v) is 7.01. The molecule has 0 spiro atoms. The van der Waals surface area contributed by atoms with Crippen molar-refractivity contribution in [2.45, 2.75) is 0 Å². The fourth-order valence-corrected chi connectivity index (χ4v) is 2.35. The Labute approximate surface area is 129 Å². The van der Waals surface area contributed by atoms with Crippen LogP contribution in [0.3, 0.4) is 0 Å². The molecule has 1 amide bonds. The number of carbonyl (C=O) groups is 1. The fourth-order valence-electron chi connectivity index (χ4n) is 1.99. The van der Waals surface area contributed by atoms with Crippen LogP contribution in [0.1, 0.15) is 10.5 Å². The molecule has 0 bridgehead atoms. The normalized spacial score (nSPS) is 10.5. The van der Waals surface area contributed by atoms with Crippen molar-refractivity contribution in [1.29, 1.82) is 0 Å². The molecule has 0 atom stereocenters. The second kappa shape index (κ2) is 5.49. The van der Waals surface area contributed by atoms with Gasteiger partial charge >= 0.3 is 0 Å². The first-order valence-electron chi connectivity index (χ1n) is 6.22. The number of fused-ring (bicyclic) bond motifs is 1. The third-order valence-electron chi connectivity index (χ3n) is 2.99. The Morgan fingerprint density at radius 3 is 2.81 bits per heavy atom. The lowest BCUT2D eigenvalue weighted by atomic mass is 10.1. The van der Waals surface area contributed by atoms with Gasteiger partial charge in [0.2, 0.25) is 0 Å². The first-order chi connectivity index (χ1) is 10.1. The Kier molecular flexibility index (Phi) is 3.53. The molecule has 0 aliphatic heterocycles. The molecular weight excluding hydrogens is 332 g/mol. The molecule has 1 aromatic carbocycles. The number of aromatic nitrogens is 2. The van der Waals surface area contributed by atoms with Crippen LogP contribution in [0.4, 0.5) is 11.6 Å². The number of carbonyl (C=O) groups excluding carboxylic acids is 1. The maximum Gasteiger partial charge on any atom is 0.275 e. The zero-order chi connectivity index (χ0) is 14.8. The minimum absolute atomic E-state index is 0.253. The van der Waals surface area contributed by atoms with Gasteiger partial charge in [-0.15, -0.1) is 0 Å². The van der Waals surface area contributed by atoms with Crippen molar-refractivity contribution in [1.82, 2.24) is 9.97 Å². The van der Waals surface area contributed by atoms with E-state index in [1.807, 2.05) is 24.3 Å². The first kappa shape index (κ1) is 13.5. The van der Waals surface area contributed by atoms with E-state index in [1.165, 1.54) is 0 Å². The van der Waals surface area contributed by atoms with E-state index in [2.05, 4.69) is 31.2 Å². The van der Waals surface area contributed by atoms with E-state index in [1.54, 1.807) is 24.4 Å². The number of benzene rings is 1. The Morgan fingerprint density at radius 1 is 1.19 bits per heavy atom. The van der Waals surface area contributed by atoms with Gasteiger partial charge in [-0.05, 0) is 39.5 Å². The summed E-state index contributed by atoms with van der Waals surface area (Å²) in [4.78, 5) is 20.5. The van der Waals surface area contributed by atoms with Crippen LogP contribution in [0.2, 0.25) is 0 Å². The van der Waals surface area contributed by atoms with Crippen LogP contribution in [-0.4, -0.2) is 15.9 Å². The summed E-state index contributed by atoms with van der Waals surface area (Å²) in [5, 5.41) is 4.40. The lowest BCUT2D eigenvalue weighted by Crippen LogP contribution is -2.15. The van der Waals surface area contributed by atoms with Crippen molar-refractivity contribution >= 4 is 44.2 Å². The molecule has 3 aromatic rings. The van der Waals surface area contributed by atoms with Crippen molar-refractivity contribution in [3.63, 3.8) is 0 Å². The molecule has 0 aliphatic carbocycles. The largest absolute Gasteiger partial charge is 0.383 e. The second-order valence-corrected chi connectivity index (χ2v) is 5.26. The third-order valence-corrected chi connectivity index (χ3v) is 3.63. The lowest BCUT2D eigenvalue weighted by Gasteiger charge is -2.08. The average Bonchev–Trinajstić information content (AvgIpc) is 2.49. The molecule has 5 nitrogen and oxygen atoms in total. The monoisotopic (exact) mass is 342 g/mol. The van der Waals surface area contributed by atoms with Crippen molar-refractivity contribution in [2.75, 3.05) is 11.1 Å². The maximum absolute atomic E-state index is 12.3. The van der Waals surface area contributed by atoms with Crippen LogP contribution in [0, 0.1) is 0 Å². The number of nitrogens with two attached hydrogens (primary N) is 1. The highest BCUT2D eigenvalue weighted by atomic mass is 79.9. The van der Waals surface area contributed by atoms with Gasteiger partial charge in [0.15, 0.2) is 0 Å². The summed E-state index contributed by atoms with van der Waals surface area (Å²) >= 11 is 3.33. The van der Waals surface area contributed by atoms with Gasteiger partial charge in [0.05, 0.1) is 4.47 Å². The van der Waals surface area contributed by atoms with Crippen LogP contribution >= 0.6 is 15.9 Å². The summed E-state index contributed by atoms with van der Waals surface area (Å²) in [6.07, 6.45) is 1.60. The van der Waals surface area contributed by atoms with E-state index in [9.17, 15) is 4.79 Å². The van der Waals surface area contributed by atoms with E-state index in [-0.39, 0.29) is 11.6 Å². The van der Waals surface area contributed by atoms with Gasteiger partial charge in [0.1, 0.15) is 17.3 Å². The van der Waals surface area contributed by atoms with Gasteiger partial charge in [-0.2, -0.15) is 0 Å². The summed E-state index contributed by atoms with van der Waals surface area (Å²) in [7, 11) is 0. The molecule has 0 aliphatic rings. The highest BCUT2D eigenvalue weighted by molar-refractivity contribution is 9.10.